The number of hydrogen-bond acceptors (Lipinski definition) is 4. The molecule has 0 amide bonds. The van der Waals surface area contributed by atoms with Gasteiger partial charge in [-0.1, -0.05) is 23.7 Å². The second-order valence-corrected chi connectivity index (χ2v) is 1.46. The van der Waals surface area contributed by atoms with E-state index in [2.05, 4.69) is 18.5 Å². The Balaban J connectivity index is 0. The molecule has 0 aliphatic carbocycles. The first-order chi connectivity index (χ1) is 4.83. The average Bonchev–Trinajstić information content (AvgIpc) is 1.91. The first kappa shape index (κ1) is 12.1. The molecule has 0 bridgehead atoms. The average molecular weight is 162 g/mol. The molecule has 0 fully saturated rings. The number of thiol groups is 1. The molecule has 10 heavy (non-hydrogen) atoms. The zero-order chi connectivity index (χ0) is 8.24. The SMILES string of the molecule is C=CCNCC=C.O=[SH-]=O. The third-order valence-electron chi connectivity index (χ3n) is 0.577. The van der Waals surface area contributed by atoms with Crippen molar-refractivity contribution in [3.05, 3.63) is 25.3 Å². The summed E-state index contributed by atoms with van der Waals surface area (Å²) in [5, 5.41) is 3.05. The summed E-state index contributed by atoms with van der Waals surface area (Å²) >= 11 is -1.08. The molecule has 1 N–H and O–H groups in total. The Morgan fingerprint density at radius 2 is 1.50 bits per heavy atom. The smallest absolute Gasteiger partial charge is 0.0135 e. The van der Waals surface area contributed by atoms with Gasteiger partial charge in [-0.05, 0) is 0 Å². The Labute approximate surface area is 64.4 Å². The molecule has 0 rings (SSSR count). The largest absolute Gasteiger partial charge is 0.427 e. The summed E-state index contributed by atoms with van der Waals surface area (Å²) in [5.74, 6) is 0. The molecule has 0 unspecified atom stereocenters. The van der Waals surface area contributed by atoms with E-state index in [1.165, 1.54) is 0 Å². The van der Waals surface area contributed by atoms with Gasteiger partial charge in [0.15, 0.2) is 0 Å². The summed E-state index contributed by atoms with van der Waals surface area (Å²) < 4.78 is 16.7. The maximum absolute atomic E-state index is 8.35. The topological polar surface area (TPSA) is 46.2 Å². The quantitative estimate of drug-likeness (QED) is 0.282. The molecule has 0 aliphatic heterocycles. The van der Waals surface area contributed by atoms with Crippen molar-refractivity contribution < 1.29 is 8.42 Å². The van der Waals surface area contributed by atoms with Gasteiger partial charge in [-0.3, -0.25) is 0 Å². The molecule has 0 spiro atoms. The Bertz CT molecular complexity index is 111. The van der Waals surface area contributed by atoms with Crippen LogP contribution in [0.3, 0.4) is 0 Å². The monoisotopic (exact) mass is 162 g/mol. The highest BCUT2D eigenvalue weighted by Gasteiger charge is 1.69. The fourth-order valence-electron chi connectivity index (χ4n) is 0.287. The van der Waals surface area contributed by atoms with E-state index in [0.29, 0.717) is 0 Å². The van der Waals surface area contributed by atoms with Crippen molar-refractivity contribution in [3.63, 3.8) is 0 Å². The van der Waals surface area contributed by atoms with E-state index >= 15 is 0 Å². The molecule has 0 saturated heterocycles. The normalized spacial score (nSPS) is 7.20. The van der Waals surface area contributed by atoms with Gasteiger partial charge in [0.1, 0.15) is 0 Å². The highest BCUT2D eigenvalue weighted by Crippen LogP contribution is 1.59. The maximum Gasteiger partial charge on any atom is 0.0135 e. The summed E-state index contributed by atoms with van der Waals surface area (Å²) in [7, 11) is 0. The Hall–Kier alpha value is -0.610. The molecule has 3 nitrogen and oxygen atoms in total. The van der Waals surface area contributed by atoms with Crippen molar-refractivity contribution in [2.75, 3.05) is 13.1 Å². The van der Waals surface area contributed by atoms with Crippen molar-refractivity contribution >= 4 is 11.6 Å². The van der Waals surface area contributed by atoms with Crippen molar-refractivity contribution in [2.24, 2.45) is 0 Å². The lowest BCUT2D eigenvalue weighted by atomic mass is 10.5. The standard InChI is InChI=1S/C6H11N.HO2S/c1-3-5-7-6-4-2;1-3-2/h3-4,7H,1-2,5-6H2;3H/q;-1. The van der Waals surface area contributed by atoms with Crippen molar-refractivity contribution in [1.29, 1.82) is 0 Å². The van der Waals surface area contributed by atoms with Gasteiger partial charge in [0.2, 0.25) is 0 Å². The maximum atomic E-state index is 8.35. The number of rotatable bonds is 4. The van der Waals surface area contributed by atoms with Crippen LogP contribution in [0.4, 0.5) is 0 Å². The lowest BCUT2D eigenvalue weighted by Crippen LogP contribution is -2.11. The van der Waals surface area contributed by atoms with Crippen LogP contribution in [-0.2, 0) is 20.0 Å². The van der Waals surface area contributed by atoms with E-state index in [1.54, 1.807) is 0 Å². The van der Waals surface area contributed by atoms with Gasteiger partial charge in [-0.2, -0.15) is 0 Å². The summed E-state index contributed by atoms with van der Waals surface area (Å²) in [6.07, 6.45) is 3.65. The van der Waals surface area contributed by atoms with Crippen LogP contribution in [0.2, 0.25) is 0 Å². The first-order valence-electron chi connectivity index (χ1n) is 2.71. The summed E-state index contributed by atoms with van der Waals surface area (Å²) in [6.45, 7) is 8.81. The Morgan fingerprint density at radius 1 is 1.20 bits per heavy atom. The molecule has 0 atom stereocenters. The Morgan fingerprint density at radius 3 is 1.70 bits per heavy atom. The van der Waals surface area contributed by atoms with Crippen LogP contribution in [-0.4, -0.2) is 13.1 Å². The molecule has 0 aliphatic rings. The van der Waals surface area contributed by atoms with E-state index in [-0.39, 0.29) is 0 Å². The predicted octanol–water partition coefficient (Wildman–Crippen LogP) is 0.440. The van der Waals surface area contributed by atoms with Crippen LogP contribution in [0, 0.1) is 0 Å². The predicted molar refractivity (Wildman–Crippen MR) is 43.4 cm³/mol. The lowest BCUT2D eigenvalue weighted by molar-refractivity contribution is 0.541. The zero-order valence-corrected chi connectivity index (χ0v) is 6.64. The van der Waals surface area contributed by atoms with E-state index in [4.69, 9.17) is 8.42 Å². The molecule has 0 heterocycles. The molecular weight excluding hydrogens is 150 g/mol. The van der Waals surface area contributed by atoms with E-state index < -0.39 is 11.6 Å². The summed E-state index contributed by atoms with van der Waals surface area (Å²) in [4.78, 5) is 0. The highest BCUT2D eigenvalue weighted by molar-refractivity contribution is 7.51. The number of hydrogen-bond donors (Lipinski definition) is 1. The van der Waals surface area contributed by atoms with E-state index in [0.717, 1.165) is 13.1 Å². The molecule has 0 radical (unpaired) electrons. The molecule has 4 heteroatoms. The minimum absolute atomic E-state index is 0.867. The van der Waals surface area contributed by atoms with Crippen LogP contribution < -0.4 is 5.32 Å². The van der Waals surface area contributed by atoms with Gasteiger partial charge >= 0.3 is 0 Å². The van der Waals surface area contributed by atoms with Crippen LogP contribution in [0.1, 0.15) is 0 Å². The van der Waals surface area contributed by atoms with E-state index in [1.807, 2.05) is 12.2 Å². The zero-order valence-electron chi connectivity index (χ0n) is 5.75. The van der Waals surface area contributed by atoms with Gasteiger partial charge in [-0.15, -0.1) is 13.2 Å². The lowest BCUT2D eigenvalue weighted by Gasteiger charge is -1.90. The fourth-order valence-corrected chi connectivity index (χ4v) is 0.287. The fraction of sp³-hybridized carbons (Fsp3) is 0.333. The van der Waals surface area contributed by atoms with Crippen molar-refractivity contribution in [2.45, 2.75) is 0 Å². The van der Waals surface area contributed by atoms with Gasteiger partial charge in [0.05, 0.1) is 0 Å². The minimum Gasteiger partial charge on any atom is -0.427 e. The number of nitrogens with one attached hydrogen (secondary N) is 1. The molecule has 0 aromatic heterocycles. The van der Waals surface area contributed by atoms with Gasteiger partial charge in [0.25, 0.3) is 0 Å². The third-order valence-corrected chi connectivity index (χ3v) is 0.577. The minimum atomic E-state index is -1.08. The molecule has 0 aromatic rings. The van der Waals surface area contributed by atoms with E-state index in [9.17, 15) is 0 Å². The summed E-state index contributed by atoms with van der Waals surface area (Å²) in [5.41, 5.74) is 0. The molecule has 60 valence electrons. The molecule has 0 saturated carbocycles. The van der Waals surface area contributed by atoms with Crippen LogP contribution in [0.15, 0.2) is 25.3 Å². The highest BCUT2D eigenvalue weighted by atomic mass is 32.1. The second kappa shape index (κ2) is 15.8. The first-order valence-corrected chi connectivity index (χ1v) is 3.44. The van der Waals surface area contributed by atoms with Gasteiger partial charge < -0.3 is 13.7 Å². The second-order valence-electron chi connectivity index (χ2n) is 1.31. The Kier molecular flexibility index (Phi) is 19.1. The van der Waals surface area contributed by atoms with Crippen LogP contribution in [0.5, 0.6) is 0 Å². The third kappa shape index (κ3) is 26.3. The van der Waals surface area contributed by atoms with Gasteiger partial charge in [0, 0.05) is 13.1 Å². The van der Waals surface area contributed by atoms with Gasteiger partial charge in [-0.25, -0.2) is 0 Å². The van der Waals surface area contributed by atoms with Crippen molar-refractivity contribution in [1.82, 2.24) is 5.32 Å². The van der Waals surface area contributed by atoms with Crippen LogP contribution >= 0.6 is 0 Å². The summed E-state index contributed by atoms with van der Waals surface area (Å²) in [6, 6.07) is 0. The van der Waals surface area contributed by atoms with Crippen molar-refractivity contribution in [3.8, 4) is 0 Å². The van der Waals surface area contributed by atoms with Crippen LogP contribution in [0.25, 0.3) is 0 Å². The molecular formula is C6H12NO2S-. The molecule has 0 aromatic carbocycles.